The Morgan fingerprint density at radius 3 is 2.74 bits per heavy atom. The summed E-state index contributed by atoms with van der Waals surface area (Å²) in [5.74, 6) is 1.51. The summed E-state index contributed by atoms with van der Waals surface area (Å²) in [6.45, 7) is 4.33. The monoisotopic (exact) mass is 419 g/mol. The van der Waals surface area contributed by atoms with Gasteiger partial charge in [0.1, 0.15) is 11.4 Å². The molecule has 5 rings (SSSR count). The molecule has 1 amide bonds. The Morgan fingerprint density at radius 2 is 2.00 bits per heavy atom. The van der Waals surface area contributed by atoms with E-state index in [1.807, 2.05) is 37.6 Å². The number of pyridine rings is 1. The fourth-order valence-corrected chi connectivity index (χ4v) is 4.30. The topological polar surface area (TPSA) is 98.1 Å². The van der Waals surface area contributed by atoms with E-state index in [9.17, 15) is 4.79 Å². The van der Waals surface area contributed by atoms with Crippen LogP contribution >= 0.6 is 0 Å². The third-order valence-corrected chi connectivity index (χ3v) is 5.96. The summed E-state index contributed by atoms with van der Waals surface area (Å²) >= 11 is 0. The van der Waals surface area contributed by atoms with E-state index in [4.69, 9.17) is 4.74 Å². The van der Waals surface area contributed by atoms with Crippen molar-refractivity contribution in [3.05, 3.63) is 66.3 Å². The Labute approximate surface area is 180 Å². The van der Waals surface area contributed by atoms with Crippen molar-refractivity contribution < 1.29 is 9.53 Å². The van der Waals surface area contributed by atoms with Crippen LogP contribution in [0.4, 0.5) is 5.95 Å². The normalized spacial score (nSPS) is 19.8. The van der Waals surface area contributed by atoms with Crippen LogP contribution in [0.2, 0.25) is 0 Å². The number of rotatable bonds is 4. The van der Waals surface area contributed by atoms with Crippen molar-refractivity contribution in [3.8, 4) is 0 Å². The van der Waals surface area contributed by atoms with Gasteiger partial charge in [-0.1, -0.05) is 6.07 Å². The van der Waals surface area contributed by atoms with E-state index < -0.39 is 11.7 Å². The van der Waals surface area contributed by atoms with Crippen LogP contribution in [0.5, 0.6) is 0 Å². The van der Waals surface area contributed by atoms with Crippen molar-refractivity contribution in [2.45, 2.75) is 44.6 Å². The zero-order valence-corrected chi connectivity index (χ0v) is 17.4. The lowest BCUT2D eigenvalue weighted by atomic mass is 9.88. The Hall–Kier alpha value is -3.33. The standard InChI is InChI=1S/C22H25N7O2/c1-16-11-26-21(27-12-16)28-8-4-22(5-9-28)20-24-7-10-29(20)15-18(31-22)19(30)25-14-17-3-2-6-23-13-17/h2-3,6-7,10-13,18H,4-5,8-9,14-15H2,1H3,(H,25,30)/t18-/m0/s1. The number of nitrogens with zero attached hydrogens (tertiary/aromatic N) is 6. The van der Waals surface area contributed by atoms with E-state index >= 15 is 0 Å². The number of nitrogens with one attached hydrogen (secondary N) is 1. The van der Waals surface area contributed by atoms with Crippen LogP contribution in [0.1, 0.15) is 29.8 Å². The lowest BCUT2D eigenvalue weighted by Gasteiger charge is -2.45. The average Bonchev–Trinajstić information content (AvgIpc) is 3.29. The first-order valence-corrected chi connectivity index (χ1v) is 10.5. The largest absolute Gasteiger partial charge is 0.352 e. The highest BCUT2D eigenvalue weighted by Gasteiger charge is 2.47. The Bertz CT molecular complexity index is 1040. The van der Waals surface area contributed by atoms with Crippen molar-refractivity contribution in [2.24, 2.45) is 0 Å². The van der Waals surface area contributed by atoms with Crippen LogP contribution < -0.4 is 10.2 Å². The van der Waals surface area contributed by atoms with Crippen molar-refractivity contribution >= 4 is 11.9 Å². The minimum absolute atomic E-state index is 0.119. The maximum Gasteiger partial charge on any atom is 0.251 e. The molecule has 0 unspecified atom stereocenters. The molecule has 0 bridgehead atoms. The van der Waals surface area contributed by atoms with E-state index in [1.54, 1.807) is 18.6 Å². The van der Waals surface area contributed by atoms with Gasteiger partial charge in [0.2, 0.25) is 5.95 Å². The molecule has 1 atom stereocenters. The Balaban J connectivity index is 1.30. The Kier molecular flexibility index (Phi) is 5.11. The molecule has 3 aromatic heterocycles. The van der Waals surface area contributed by atoms with Gasteiger partial charge < -0.3 is 19.5 Å². The molecule has 1 saturated heterocycles. The number of piperidine rings is 1. The molecule has 0 aliphatic carbocycles. The van der Waals surface area contributed by atoms with E-state index in [0.29, 0.717) is 25.9 Å². The summed E-state index contributed by atoms with van der Waals surface area (Å²) in [4.78, 5) is 32.7. The molecule has 0 aromatic carbocycles. The number of ether oxygens (including phenoxy) is 1. The molecular weight excluding hydrogens is 394 g/mol. The highest BCUT2D eigenvalue weighted by molar-refractivity contribution is 5.80. The summed E-state index contributed by atoms with van der Waals surface area (Å²) in [5, 5.41) is 2.99. The highest BCUT2D eigenvalue weighted by atomic mass is 16.5. The van der Waals surface area contributed by atoms with Crippen LogP contribution in [-0.4, -0.2) is 49.6 Å². The quantitative estimate of drug-likeness (QED) is 0.686. The van der Waals surface area contributed by atoms with Crippen molar-refractivity contribution in [3.63, 3.8) is 0 Å². The number of fused-ring (bicyclic) bond motifs is 2. The molecule has 1 N–H and O–H groups in total. The molecule has 2 aliphatic rings. The predicted octanol–water partition coefficient (Wildman–Crippen LogP) is 1.59. The minimum Gasteiger partial charge on any atom is -0.352 e. The molecule has 160 valence electrons. The van der Waals surface area contributed by atoms with Gasteiger partial charge in [-0.15, -0.1) is 0 Å². The van der Waals surface area contributed by atoms with Crippen LogP contribution in [0.3, 0.4) is 0 Å². The van der Waals surface area contributed by atoms with Crippen LogP contribution in [-0.2, 0) is 28.2 Å². The molecule has 5 heterocycles. The maximum atomic E-state index is 12.9. The first-order valence-electron chi connectivity index (χ1n) is 10.5. The smallest absolute Gasteiger partial charge is 0.251 e. The molecule has 31 heavy (non-hydrogen) atoms. The van der Waals surface area contributed by atoms with Crippen molar-refractivity contribution in [2.75, 3.05) is 18.0 Å². The second-order valence-corrected chi connectivity index (χ2v) is 8.13. The molecule has 9 heteroatoms. The number of anilines is 1. The second kappa shape index (κ2) is 8.07. The molecule has 9 nitrogen and oxygen atoms in total. The minimum atomic E-state index is -0.584. The van der Waals surface area contributed by atoms with Gasteiger partial charge in [-0.3, -0.25) is 9.78 Å². The number of hydrogen-bond acceptors (Lipinski definition) is 7. The van der Waals surface area contributed by atoms with Crippen molar-refractivity contribution in [1.29, 1.82) is 0 Å². The second-order valence-electron chi connectivity index (χ2n) is 8.13. The van der Waals surface area contributed by atoms with Gasteiger partial charge in [-0.2, -0.15) is 0 Å². The zero-order valence-electron chi connectivity index (χ0n) is 17.4. The molecule has 0 saturated carbocycles. The third-order valence-electron chi connectivity index (χ3n) is 5.96. The Morgan fingerprint density at radius 1 is 1.19 bits per heavy atom. The first kappa shape index (κ1) is 19.6. The van der Waals surface area contributed by atoms with Gasteiger partial charge in [-0.25, -0.2) is 15.0 Å². The summed E-state index contributed by atoms with van der Waals surface area (Å²) in [6, 6.07) is 3.80. The lowest BCUT2D eigenvalue weighted by Crippen LogP contribution is -2.54. The highest BCUT2D eigenvalue weighted by Crippen LogP contribution is 2.40. The van der Waals surface area contributed by atoms with Gasteiger partial charge in [0.15, 0.2) is 6.10 Å². The number of imidazole rings is 1. The van der Waals surface area contributed by atoms with E-state index in [2.05, 4.69) is 34.7 Å². The molecule has 1 spiro atoms. The van der Waals surface area contributed by atoms with Gasteiger partial charge in [-0.05, 0) is 24.1 Å². The summed E-state index contributed by atoms with van der Waals surface area (Å²) in [6.07, 6.45) is 11.7. The molecule has 3 aromatic rings. The van der Waals surface area contributed by atoms with E-state index in [-0.39, 0.29) is 5.91 Å². The van der Waals surface area contributed by atoms with Gasteiger partial charge in [0, 0.05) is 69.7 Å². The fraction of sp³-hybridized carbons (Fsp3) is 0.409. The third kappa shape index (κ3) is 3.88. The van der Waals surface area contributed by atoms with Gasteiger partial charge in [0.25, 0.3) is 5.91 Å². The number of carbonyl (C=O) groups excluding carboxylic acids is 1. The molecule has 1 fully saturated rings. The molecule has 2 aliphatic heterocycles. The lowest BCUT2D eigenvalue weighted by molar-refractivity contribution is -0.167. The maximum absolute atomic E-state index is 12.9. The summed E-state index contributed by atoms with van der Waals surface area (Å²) in [5.41, 5.74) is 1.41. The number of carbonyl (C=O) groups is 1. The fourth-order valence-electron chi connectivity index (χ4n) is 4.30. The number of aryl methyl sites for hydroxylation is 1. The average molecular weight is 419 g/mol. The van der Waals surface area contributed by atoms with Crippen molar-refractivity contribution in [1.82, 2.24) is 29.8 Å². The number of aromatic nitrogens is 5. The van der Waals surface area contributed by atoms with Crippen LogP contribution in [0.15, 0.2) is 49.3 Å². The summed E-state index contributed by atoms with van der Waals surface area (Å²) < 4.78 is 8.53. The van der Waals surface area contributed by atoms with Crippen LogP contribution in [0.25, 0.3) is 0 Å². The van der Waals surface area contributed by atoms with Gasteiger partial charge in [0.05, 0.1) is 6.54 Å². The summed E-state index contributed by atoms with van der Waals surface area (Å²) in [7, 11) is 0. The van der Waals surface area contributed by atoms with Crippen LogP contribution in [0, 0.1) is 6.92 Å². The SMILES string of the molecule is Cc1cnc(N2CCC3(CC2)O[C@H](C(=O)NCc2cccnc2)Cn2ccnc23)nc1. The predicted molar refractivity (Wildman–Crippen MR) is 113 cm³/mol. The molecular formula is C22H25N7O2. The number of hydrogen-bond donors (Lipinski definition) is 1. The first-order chi connectivity index (χ1) is 15.1. The number of amides is 1. The van der Waals surface area contributed by atoms with E-state index in [0.717, 1.165) is 36.0 Å². The van der Waals surface area contributed by atoms with Gasteiger partial charge >= 0.3 is 0 Å². The molecule has 0 radical (unpaired) electrons. The zero-order chi connectivity index (χ0) is 21.3. The van der Waals surface area contributed by atoms with E-state index in [1.165, 1.54) is 0 Å².